The van der Waals surface area contributed by atoms with Crippen molar-refractivity contribution in [2.24, 2.45) is 0 Å². The van der Waals surface area contributed by atoms with Gasteiger partial charge in [-0.15, -0.1) is 0 Å². The van der Waals surface area contributed by atoms with Gasteiger partial charge in [-0.3, -0.25) is 0 Å². The zero-order valence-corrected chi connectivity index (χ0v) is 10.8. The van der Waals surface area contributed by atoms with Gasteiger partial charge in [-0.1, -0.05) is 24.3 Å². The van der Waals surface area contributed by atoms with Crippen molar-refractivity contribution in [1.29, 1.82) is 0 Å². The molecule has 0 amide bonds. The van der Waals surface area contributed by atoms with Gasteiger partial charge in [0.1, 0.15) is 5.82 Å². The minimum absolute atomic E-state index is 0.150. The molecule has 0 bridgehead atoms. The Kier molecular flexibility index (Phi) is 3.97. The number of hydrogen-bond donors (Lipinski definition) is 1. The lowest BCUT2D eigenvalue weighted by atomic mass is 10.1. The third-order valence-corrected chi connectivity index (χ3v) is 3.02. The fourth-order valence-corrected chi connectivity index (χ4v) is 1.84. The van der Waals surface area contributed by atoms with Gasteiger partial charge < -0.3 is 5.32 Å². The van der Waals surface area contributed by atoms with E-state index in [1.807, 2.05) is 31.2 Å². The molecule has 0 fully saturated rings. The molecule has 2 aromatic carbocycles. The minimum Gasteiger partial charge on any atom is -0.379 e. The Bertz CT molecular complexity index is 605. The van der Waals surface area contributed by atoms with Crippen LogP contribution in [0.5, 0.6) is 0 Å². The summed E-state index contributed by atoms with van der Waals surface area (Å²) < 4.78 is 51.3. The van der Waals surface area contributed by atoms with E-state index in [4.69, 9.17) is 0 Å². The molecular weight excluding hydrogens is 270 g/mol. The van der Waals surface area contributed by atoms with Crippen LogP contribution >= 0.6 is 0 Å². The van der Waals surface area contributed by atoms with E-state index in [-0.39, 0.29) is 12.2 Å². The predicted molar refractivity (Wildman–Crippen MR) is 69.9 cm³/mol. The van der Waals surface area contributed by atoms with Crippen LogP contribution in [0.3, 0.4) is 0 Å². The van der Waals surface area contributed by atoms with E-state index in [0.717, 1.165) is 29.3 Å². The predicted octanol–water partition coefficient (Wildman–Crippen LogP) is 4.77. The van der Waals surface area contributed by atoms with E-state index in [2.05, 4.69) is 5.32 Å². The third-order valence-electron chi connectivity index (χ3n) is 3.02. The largest absolute Gasteiger partial charge is 0.416 e. The molecule has 0 saturated carbocycles. The van der Waals surface area contributed by atoms with Gasteiger partial charge in [-0.25, -0.2) is 4.39 Å². The second-order valence-electron chi connectivity index (χ2n) is 4.47. The van der Waals surface area contributed by atoms with Crippen LogP contribution < -0.4 is 5.32 Å². The average Bonchev–Trinajstić information content (AvgIpc) is 2.38. The Morgan fingerprint density at radius 1 is 1.05 bits per heavy atom. The standard InChI is InChI=1S/C15H13F4N/c1-10-4-2-3-5-11(10)9-20-14-8-12(15(17,18)19)6-7-13(14)16/h2-8,20H,9H2,1H3. The van der Waals surface area contributed by atoms with Crippen LogP contribution in [0.25, 0.3) is 0 Å². The van der Waals surface area contributed by atoms with Gasteiger partial charge >= 0.3 is 6.18 Å². The molecule has 20 heavy (non-hydrogen) atoms. The lowest BCUT2D eigenvalue weighted by Crippen LogP contribution is -2.08. The van der Waals surface area contributed by atoms with Gasteiger partial charge in [-0.2, -0.15) is 13.2 Å². The fraction of sp³-hybridized carbons (Fsp3) is 0.200. The van der Waals surface area contributed by atoms with E-state index < -0.39 is 17.6 Å². The first-order valence-electron chi connectivity index (χ1n) is 6.03. The summed E-state index contributed by atoms with van der Waals surface area (Å²) in [6.45, 7) is 2.16. The first-order valence-corrected chi connectivity index (χ1v) is 6.03. The monoisotopic (exact) mass is 283 g/mol. The number of hydrogen-bond acceptors (Lipinski definition) is 1. The third kappa shape index (κ3) is 3.29. The van der Waals surface area contributed by atoms with Crippen LogP contribution in [0, 0.1) is 12.7 Å². The molecule has 0 spiro atoms. The summed E-state index contributed by atoms with van der Waals surface area (Å²) in [5.41, 5.74) is 0.881. The van der Waals surface area contributed by atoms with E-state index in [1.165, 1.54) is 0 Å². The molecule has 0 saturated heterocycles. The van der Waals surface area contributed by atoms with E-state index in [0.29, 0.717) is 0 Å². The number of benzene rings is 2. The minimum atomic E-state index is -4.48. The Morgan fingerprint density at radius 3 is 2.40 bits per heavy atom. The summed E-state index contributed by atoms with van der Waals surface area (Å²) in [5, 5.41) is 2.71. The normalized spacial score (nSPS) is 11.4. The summed E-state index contributed by atoms with van der Waals surface area (Å²) in [5.74, 6) is -0.702. The molecule has 2 rings (SSSR count). The molecule has 0 aliphatic rings. The molecule has 1 nitrogen and oxygen atoms in total. The van der Waals surface area contributed by atoms with Crippen LogP contribution in [0.15, 0.2) is 42.5 Å². The average molecular weight is 283 g/mol. The molecule has 0 aliphatic heterocycles. The Balaban J connectivity index is 2.19. The Labute approximate surface area is 114 Å². The molecule has 5 heteroatoms. The quantitative estimate of drug-likeness (QED) is 0.800. The molecule has 0 unspecified atom stereocenters. The molecule has 0 aliphatic carbocycles. The van der Waals surface area contributed by atoms with E-state index >= 15 is 0 Å². The van der Waals surface area contributed by atoms with E-state index in [9.17, 15) is 17.6 Å². The lowest BCUT2D eigenvalue weighted by Gasteiger charge is -2.12. The topological polar surface area (TPSA) is 12.0 Å². The molecular formula is C15H13F4N. The Hall–Kier alpha value is -2.04. The smallest absolute Gasteiger partial charge is 0.379 e. The van der Waals surface area contributed by atoms with Crippen molar-refractivity contribution in [3.05, 3.63) is 65.0 Å². The van der Waals surface area contributed by atoms with Crippen LogP contribution in [0.4, 0.5) is 23.2 Å². The second-order valence-corrected chi connectivity index (χ2v) is 4.47. The summed E-state index contributed by atoms with van der Waals surface area (Å²) in [7, 11) is 0. The number of aryl methyl sites for hydroxylation is 1. The maximum atomic E-state index is 13.5. The van der Waals surface area contributed by atoms with Crippen molar-refractivity contribution in [3.63, 3.8) is 0 Å². The first-order chi connectivity index (χ1) is 9.38. The number of rotatable bonds is 3. The summed E-state index contributed by atoms with van der Waals surface area (Å²) in [4.78, 5) is 0. The van der Waals surface area contributed by atoms with Gasteiger partial charge in [0.2, 0.25) is 0 Å². The molecule has 0 atom stereocenters. The number of halogens is 4. The highest BCUT2D eigenvalue weighted by Crippen LogP contribution is 2.31. The molecule has 0 aromatic heterocycles. The maximum absolute atomic E-state index is 13.5. The molecule has 0 heterocycles. The number of nitrogens with one attached hydrogen (secondary N) is 1. The van der Waals surface area contributed by atoms with Crippen LogP contribution in [0.1, 0.15) is 16.7 Å². The zero-order valence-electron chi connectivity index (χ0n) is 10.8. The summed E-state index contributed by atoms with van der Waals surface area (Å²) >= 11 is 0. The van der Waals surface area contributed by atoms with Crippen molar-refractivity contribution in [2.45, 2.75) is 19.6 Å². The second kappa shape index (κ2) is 5.53. The molecule has 0 radical (unpaired) electrons. The van der Waals surface area contributed by atoms with Crippen LogP contribution in [-0.2, 0) is 12.7 Å². The van der Waals surface area contributed by atoms with Gasteiger partial charge in [0.05, 0.1) is 11.3 Å². The van der Waals surface area contributed by atoms with Crippen LogP contribution in [0.2, 0.25) is 0 Å². The highest BCUT2D eigenvalue weighted by molar-refractivity contribution is 5.48. The highest BCUT2D eigenvalue weighted by atomic mass is 19.4. The van der Waals surface area contributed by atoms with Gasteiger partial charge in [-0.05, 0) is 36.2 Å². The van der Waals surface area contributed by atoms with Gasteiger partial charge in [0.25, 0.3) is 0 Å². The van der Waals surface area contributed by atoms with Crippen molar-refractivity contribution in [2.75, 3.05) is 5.32 Å². The molecule has 106 valence electrons. The van der Waals surface area contributed by atoms with Gasteiger partial charge in [0, 0.05) is 6.54 Å². The summed E-state index contributed by atoms with van der Waals surface area (Å²) in [6.07, 6.45) is -4.48. The molecule has 1 N–H and O–H groups in total. The Morgan fingerprint density at radius 2 is 1.75 bits per heavy atom. The number of anilines is 1. The first kappa shape index (κ1) is 14.4. The van der Waals surface area contributed by atoms with E-state index in [1.54, 1.807) is 0 Å². The van der Waals surface area contributed by atoms with Crippen molar-refractivity contribution >= 4 is 5.69 Å². The number of alkyl halides is 3. The molecule has 2 aromatic rings. The van der Waals surface area contributed by atoms with Crippen molar-refractivity contribution in [3.8, 4) is 0 Å². The highest BCUT2D eigenvalue weighted by Gasteiger charge is 2.31. The maximum Gasteiger partial charge on any atom is 0.416 e. The SMILES string of the molecule is Cc1ccccc1CNc1cc(C(F)(F)F)ccc1F. The fourth-order valence-electron chi connectivity index (χ4n) is 1.84. The van der Waals surface area contributed by atoms with Crippen molar-refractivity contribution in [1.82, 2.24) is 0 Å². The van der Waals surface area contributed by atoms with Crippen LogP contribution in [-0.4, -0.2) is 0 Å². The van der Waals surface area contributed by atoms with Gasteiger partial charge in [0.15, 0.2) is 0 Å². The van der Waals surface area contributed by atoms with Crippen molar-refractivity contribution < 1.29 is 17.6 Å². The summed E-state index contributed by atoms with van der Waals surface area (Å²) in [6, 6.07) is 9.76. The lowest BCUT2D eigenvalue weighted by molar-refractivity contribution is -0.137. The zero-order chi connectivity index (χ0) is 14.8.